The zero-order valence-electron chi connectivity index (χ0n) is 14.3. The maximum atomic E-state index is 12.5. The molecule has 0 aliphatic heterocycles. The Bertz CT molecular complexity index is 1090. The van der Waals surface area contributed by atoms with Crippen LogP contribution in [0.5, 0.6) is 0 Å². The van der Waals surface area contributed by atoms with E-state index in [1.165, 1.54) is 29.4 Å². The Kier molecular flexibility index (Phi) is 4.73. The quantitative estimate of drug-likeness (QED) is 0.498. The lowest BCUT2D eigenvalue weighted by Crippen LogP contribution is -2.27. The molecule has 1 aromatic carbocycles. The van der Waals surface area contributed by atoms with Gasteiger partial charge in [0, 0.05) is 18.0 Å². The van der Waals surface area contributed by atoms with Crippen molar-refractivity contribution in [1.82, 2.24) is 24.9 Å². The molecule has 0 fully saturated rings. The molecule has 0 atom stereocenters. The normalized spacial score (nSPS) is 11.0. The lowest BCUT2D eigenvalue weighted by atomic mass is 10.2. The Morgan fingerprint density at radius 1 is 1.26 bits per heavy atom. The molecule has 10 heteroatoms. The number of thiazole rings is 1. The Hall–Kier alpha value is -2.98. The van der Waals surface area contributed by atoms with Gasteiger partial charge >= 0.3 is 0 Å². The second-order valence-electron chi connectivity index (χ2n) is 5.62. The molecule has 0 spiro atoms. The summed E-state index contributed by atoms with van der Waals surface area (Å²) in [6.07, 6.45) is 1.36. The third-order valence-corrected chi connectivity index (χ3v) is 5.63. The summed E-state index contributed by atoms with van der Waals surface area (Å²) in [5.74, 6) is 0.469. The first kappa shape index (κ1) is 17.4. The minimum Gasteiger partial charge on any atom is -0.382 e. The first-order chi connectivity index (χ1) is 13.1. The molecule has 8 nitrogen and oxygen atoms in total. The number of aromatic amines is 1. The van der Waals surface area contributed by atoms with E-state index in [9.17, 15) is 4.79 Å². The van der Waals surface area contributed by atoms with Gasteiger partial charge < -0.3 is 10.7 Å². The van der Waals surface area contributed by atoms with E-state index in [4.69, 9.17) is 5.73 Å². The summed E-state index contributed by atoms with van der Waals surface area (Å²) in [6, 6.07) is 9.87. The Labute approximate surface area is 162 Å². The number of rotatable bonds is 5. The highest BCUT2D eigenvalue weighted by Crippen LogP contribution is 2.27. The van der Waals surface area contributed by atoms with Crippen LogP contribution in [0.15, 0.2) is 47.2 Å². The zero-order valence-corrected chi connectivity index (χ0v) is 15.9. The molecular formula is C17H15N7OS2. The van der Waals surface area contributed by atoms with Gasteiger partial charge in [-0.3, -0.25) is 9.69 Å². The van der Waals surface area contributed by atoms with E-state index in [0.29, 0.717) is 27.3 Å². The molecule has 4 aromatic rings. The largest absolute Gasteiger partial charge is 0.382 e. The van der Waals surface area contributed by atoms with Crippen molar-refractivity contribution in [3.63, 3.8) is 0 Å². The highest BCUT2D eigenvalue weighted by molar-refractivity contribution is 7.99. The van der Waals surface area contributed by atoms with Gasteiger partial charge in [-0.2, -0.15) is 0 Å². The average Bonchev–Trinajstić information content (AvgIpc) is 3.34. The highest BCUT2D eigenvalue weighted by atomic mass is 32.2. The first-order valence-electron chi connectivity index (χ1n) is 7.98. The summed E-state index contributed by atoms with van der Waals surface area (Å²) in [5, 5.41) is 3.17. The maximum absolute atomic E-state index is 12.5. The number of carbonyl (C=O) groups excluding carboxylic acids is 1. The van der Waals surface area contributed by atoms with Crippen molar-refractivity contribution >= 4 is 51.1 Å². The molecule has 3 N–H and O–H groups in total. The number of nitrogens with two attached hydrogens (primary N) is 1. The average molecular weight is 397 g/mol. The van der Waals surface area contributed by atoms with Gasteiger partial charge in [-0.25, -0.2) is 19.9 Å². The van der Waals surface area contributed by atoms with E-state index in [2.05, 4.69) is 24.9 Å². The van der Waals surface area contributed by atoms with Gasteiger partial charge in [-0.1, -0.05) is 42.1 Å². The van der Waals surface area contributed by atoms with Crippen molar-refractivity contribution in [2.24, 2.45) is 0 Å². The van der Waals surface area contributed by atoms with Gasteiger partial charge in [-0.15, -0.1) is 11.3 Å². The summed E-state index contributed by atoms with van der Waals surface area (Å²) in [4.78, 5) is 34.0. The number of anilines is 2. The minimum atomic E-state index is -0.0755. The Morgan fingerprint density at radius 2 is 2.07 bits per heavy atom. The topological polar surface area (TPSA) is 114 Å². The van der Waals surface area contributed by atoms with Crippen molar-refractivity contribution in [2.75, 3.05) is 23.4 Å². The standard InChI is InChI=1S/C17H15N7OS2/c1-24(17-21-11(7-27-17)10-5-3-2-4-6-10)12(25)8-26-16-22-13-14(18)19-9-20-15(13)23-16/h2-7,9H,8H2,1H3,(H3,18,19,20,22,23). The first-order valence-corrected chi connectivity index (χ1v) is 9.85. The number of benzene rings is 1. The van der Waals surface area contributed by atoms with E-state index in [1.807, 2.05) is 35.7 Å². The number of H-pyrrole nitrogens is 1. The fourth-order valence-electron chi connectivity index (χ4n) is 2.39. The lowest BCUT2D eigenvalue weighted by molar-refractivity contribution is -0.115. The number of hydrogen-bond donors (Lipinski definition) is 2. The molecule has 0 saturated carbocycles. The number of nitrogen functional groups attached to an aromatic ring is 1. The number of nitrogens with zero attached hydrogens (tertiary/aromatic N) is 5. The van der Waals surface area contributed by atoms with Gasteiger partial charge in [0.25, 0.3) is 0 Å². The van der Waals surface area contributed by atoms with Crippen molar-refractivity contribution in [2.45, 2.75) is 5.16 Å². The number of aromatic nitrogens is 5. The van der Waals surface area contributed by atoms with Gasteiger partial charge in [0.05, 0.1) is 11.4 Å². The van der Waals surface area contributed by atoms with Crippen molar-refractivity contribution in [1.29, 1.82) is 0 Å². The van der Waals surface area contributed by atoms with Crippen LogP contribution < -0.4 is 10.6 Å². The molecule has 4 rings (SSSR count). The molecule has 0 aliphatic carbocycles. The molecule has 3 heterocycles. The molecule has 0 bridgehead atoms. The van der Waals surface area contributed by atoms with Gasteiger partial charge in [0.2, 0.25) is 5.91 Å². The van der Waals surface area contributed by atoms with Gasteiger partial charge in [0.1, 0.15) is 11.8 Å². The molecule has 0 unspecified atom stereocenters. The van der Waals surface area contributed by atoms with Crippen LogP contribution in [-0.4, -0.2) is 43.6 Å². The van der Waals surface area contributed by atoms with Crippen LogP contribution >= 0.6 is 23.1 Å². The lowest BCUT2D eigenvalue weighted by Gasteiger charge is -2.12. The second-order valence-corrected chi connectivity index (χ2v) is 7.42. The molecule has 0 aliphatic rings. The maximum Gasteiger partial charge on any atom is 0.238 e. The molecule has 1 amide bonds. The number of thioether (sulfide) groups is 1. The van der Waals surface area contributed by atoms with Gasteiger partial charge in [0.15, 0.2) is 21.8 Å². The van der Waals surface area contributed by atoms with E-state index in [0.717, 1.165) is 11.3 Å². The number of imidazole rings is 1. The minimum absolute atomic E-state index is 0.0755. The summed E-state index contributed by atoms with van der Waals surface area (Å²) in [6.45, 7) is 0. The zero-order chi connectivity index (χ0) is 18.8. The fourth-order valence-corrected chi connectivity index (χ4v) is 3.98. The van der Waals surface area contributed by atoms with Crippen molar-refractivity contribution in [3.8, 4) is 11.3 Å². The number of hydrogen-bond acceptors (Lipinski definition) is 8. The van der Waals surface area contributed by atoms with E-state index in [1.54, 1.807) is 11.9 Å². The van der Waals surface area contributed by atoms with E-state index >= 15 is 0 Å². The summed E-state index contributed by atoms with van der Waals surface area (Å²) in [5.41, 5.74) is 8.73. The Balaban J connectivity index is 1.43. The molecule has 0 saturated heterocycles. The predicted molar refractivity (Wildman–Crippen MR) is 108 cm³/mol. The number of fused-ring (bicyclic) bond motifs is 1. The number of nitrogens with one attached hydrogen (secondary N) is 1. The number of amides is 1. The van der Waals surface area contributed by atoms with Crippen LogP contribution in [0.1, 0.15) is 0 Å². The van der Waals surface area contributed by atoms with Crippen LogP contribution in [-0.2, 0) is 4.79 Å². The molecular weight excluding hydrogens is 382 g/mol. The van der Waals surface area contributed by atoms with E-state index in [-0.39, 0.29) is 11.7 Å². The van der Waals surface area contributed by atoms with Crippen molar-refractivity contribution in [3.05, 3.63) is 42.0 Å². The van der Waals surface area contributed by atoms with Crippen LogP contribution in [0.2, 0.25) is 0 Å². The third kappa shape index (κ3) is 3.62. The smallest absolute Gasteiger partial charge is 0.238 e. The summed E-state index contributed by atoms with van der Waals surface area (Å²) in [7, 11) is 1.72. The van der Waals surface area contributed by atoms with Crippen LogP contribution in [0.4, 0.5) is 10.9 Å². The van der Waals surface area contributed by atoms with Crippen LogP contribution in [0.3, 0.4) is 0 Å². The van der Waals surface area contributed by atoms with Crippen LogP contribution in [0, 0.1) is 0 Å². The molecule has 3 aromatic heterocycles. The third-order valence-electron chi connectivity index (χ3n) is 3.85. The monoisotopic (exact) mass is 397 g/mol. The molecule has 136 valence electrons. The SMILES string of the molecule is CN(C(=O)CSc1nc2ncnc(N)c2[nH]1)c1nc(-c2ccccc2)cs1. The Morgan fingerprint density at radius 3 is 2.85 bits per heavy atom. The highest BCUT2D eigenvalue weighted by Gasteiger charge is 2.17. The second kappa shape index (κ2) is 7.33. The summed E-state index contributed by atoms with van der Waals surface area (Å²) < 4.78 is 0. The predicted octanol–water partition coefficient (Wildman–Crippen LogP) is 2.81. The van der Waals surface area contributed by atoms with Gasteiger partial charge in [-0.05, 0) is 0 Å². The molecule has 27 heavy (non-hydrogen) atoms. The molecule has 0 radical (unpaired) electrons. The summed E-state index contributed by atoms with van der Waals surface area (Å²) >= 11 is 2.72. The van der Waals surface area contributed by atoms with Crippen molar-refractivity contribution < 1.29 is 4.79 Å². The van der Waals surface area contributed by atoms with E-state index < -0.39 is 0 Å². The number of carbonyl (C=O) groups is 1. The van der Waals surface area contributed by atoms with Crippen LogP contribution in [0.25, 0.3) is 22.4 Å². The fraction of sp³-hybridized carbons (Fsp3) is 0.118.